The maximum Gasteiger partial charge on any atom is 0.255 e. The van der Waals surface area contributed by atoms with Gasteiger partial charge < -0.3 is 23.9 Å². The number of nitrogens with zero attached hydrogens (tertiary/aromatic N) is 1. The Hall–Kier alpha value is -4.00. The minimum Gasteiger partial charge on any atom is -0.493 e. The van der Waals surface area contributed by atoms with Crippen LogP contribution in [0, 0.1) is 0 Å². The highest BCUT2D eigenvalue weighted by atomic mass is 16.5. The SMILES string of the molecule is CC[C@H](C)c1ccc2oc(-c3ccc(NC(=O)c4cc(OC)c(OC)c(OC)c4)cc3)nc2c1. The molecule has 176 valence electrons. The molecule has 0 saturated heterocycles. The Morgan fingerprint density at radius 1 is 0.971 bits per heavy atom. The number of ether oxygens (including phenoxy) is 3. The fourth-order valence-electron chi connectivity index (χ4n) is 3.72. The lowest BCUT2D eigenvalue weighted by Crippen LogP contribution is -2.12. The summed E-state index contributed by atoms with van der Waals surface area (Å²) in [7, 11) is 4.53. The third-order valence-electron chi connectivity index (χ3n) is 5.91. The van der Waals surface area contributed by atoms with Gasteiger partial charge in [0.15, 0.2) is 17.1 Å². The molecule has 0 radical (unpaired) electrons. The van der Waals surface area contributed by atoms with Gasteiger partial charge in [-0.3, -0.25) is 4.79 Å². The van der Waals surface area contributed by atoms with E-state index in [4.69, 9.17) is 18.6 Å². The molecule has 1 N–H and O–H groups in total. The van der Waals surface area contributed by atoms with Gasteiger partial charge in [-0.2, -0.15) is 0 Å². The number of aromatic nitrogens is 1. The van der Waals surface area contributed by atoms with Crippen LogP contribution < -0.4 is 19.5 Å². The molecule has 1 aromatic heterocycles. The van der Waals surface area contributed by atoms with Crippen molar-refractivity contribution in [2.75, 3.05) is 26.6 Å². The lowest BCUT2D eigenvalue weighted by Gasteiger charge is -2.14. The van der Waals surface area contributed by atoms with Crippen LogP contribution >= 0.6 is 0 Å². The van der Waals surface area contributed by atoms with Crippen LogP contribution in [0.2, 0.25) is 0 Å². The molecule has 0 aliphatic carbocycles. The highest BCUT2D eigenvalue weighted by molar-refractivity contribution is 6.05. The van der Waals surface area contributed by atoms with E-state index in [0.717, 1.165) is 23.1 Å². The molecule has 0 bridgehead atoms. The summed E-state index contributed by atoms with van der Waals surface area (Å²) < 4.78 is 21.9. The predicted octanol–water partition coefficient (Wildman–Crippen LogP) is 6.29. The minimum absolute atomic E-state index is 0.300. The van der Waals surface area contributed by atoms with E-state index in [1.807, 2.05) is 30.3 Å². The van der Waals surface area contributed by atoms with E-state index in [0.29, 0.717) is 40.3 Å². The van der Waals surface area contributed by atoms with Gasteiger partial charge in [-0.1, -0.05) is 19.9 Å². The molecular weight excluding hydrogens is 432 g/mol. The number of oxazole rings is 1. The van der Waals surface area contributed by atoms with Gasteiger partial charge in [0.1, 0.15) is 5.52 Å². The molecule has 1 atom stereocenters. The van der Waals surface area contributed by atoms with Crippen molar-refractivity contribution in [1.29, 1.82) is 0 Å². The van der Waals surface area contributed by atoms with Crippen molar-refractivity contribution in [2.24, 2.45) is 0 Å². The number of fused-ring (bicyclic) bond motifs is 1. The summed E-state index contributed by atoms with van der Waals surface area (Å²) in [5, 5.41) is 2.89. The minimum atomic E-state index is -0.300. The van der Waals surface area contributed by atoms with Crippen molar-refractivity contribution in [3.63, 3.8) is 0 Å². The molecule has 0 fully saturated rings. The van der Waals surface area contributed by atoms with Crippen LogP contribution in [0.15, 0.2) is 59.0 Å². The lowest BCUT2D eigenvalue weighted by molar-refractivity contribution is 0.102. The largest absolute Gasteiger partial charge is 0.493 e. The molecule has 34 heavy (non-hydrogen) atoms. The predicted molar refractivity (Wildman–Crippen MR) is 132 cm³/mol. The molecule has 4 aromatic rings. The summed E-state index contributed by atoms with van der Waals surface area (Å²) in [6, 6.07) is 16.7. The second-order valence-corrected chi connectivity index (χ2v) is 8.00. The monoisotopic (exact) mass is 460 g/mol. The smallest absolute Gasteiger partial charge is 0.255 e. The maximum absolute atomic E-state index is 12.8. The van der Waals surface area contributed by atoms with E-state index in [1.54, 1.807) is 12.1 Å². The van der Waals surface area contributed by atoms with Crippen LogP contribution in [0.3, 0.4) is 0 Å². The van der Waals surface area contributed by atoms with Crippen molar-refractivity contribution >= 4 is 22.7 Å². The number of amides is 1. The van der Waals surface area contributed by atoms with Gasteiger partial charge in [0.2, 0.25) is 11.6 Å². The number of rotatable bonds is 8. The molecule has 0 aliphatic rings. The lowest BCUT2D eigenvalue weighted by atomic mass is 9.98. The fraction of sp³-hybridized carbons (Fsp3) is 0.259. The second kappa shape index (κ2) is 9.87. The summed E-state index contributed by atoms with van der Waals surface area (Å²) in [6.45, 7) is 4.37. The standard InChI is InChI=1S/C27H28N2O5/c1-6-16(2)18-9-12-22-21(13-18)29-27(34-22)17-7-10-20(11-8-17)28-26(30)19-14-23(31-3)25(33-5)24(15-19)32-4/h7-16H,6H2,1-5H3,(H,28,30)/t16-/m0/s1. The Bertz CT molecular complexity index is 1290. The third kappa shape index (κ3) is 4.55. The number of anilines is 1. The van der Waals surface area contributed by atoms with Gasteiger partial charge in [0.05, 0.1) is 21.3 Å². The Morgan fingerprint density at radius 2 is 1.65 bits per heavy atom. The first kappa shape index (κ1) is 23.2. The van der Waals surface area contributed by atoms with Gasteiger partial charge in [0.25, 0.3) is 5.91 Å². The van der Waals surface area contributed by atoms with E-state index >= 15 is 0 Å². The van der Waals surface area contributed by atoms with Gasteiger partial charge in [-0.05, 0) is 66.4 Å². The van der Waals surface area contributed by atoms with E-state index < -0.39 is 0 Å². The number of methoxy groups -OCH3 is 3. The molecule has 4 rings (SSSR count). The molecular formula is C27H28N2O5. The van der Waals surface area contributed by atoms with Crippen LogP contribution in [-0.4, -0.2) is 32.2 Å². The molecule has 0 unspecified atom stereocenters. The van der Waals surface area contributed by atoms with Crippen molar-refractivity contribution in [3.8, 4) is 28.7 Å². The highest BCUT2D eigenvalue weighted by Gasteiger charge is 2.17. The molecule has 7 heteroatoms. The molecule has 0 saturated carbocycles. The van der Waals surface area contributed by atoms with Crippen molar-refractivity contribution in [2.45, 2.75) is 26.2 Å². The van der Waals surface area contributed by atoms with Crippen LogP contribution in [0.5, 0.6) is 17.2 Å². The zero-order valence-electron chi connectivity index (χ0n) is 20.0. The van der Waals surface area contributed by atoms with E-state index in [9.17, 15) is 4.79 Å². The van der Waals surface area contributed by atoms with Gasteiger partial charge in [-0.15, -0.1) is 0 Å². The van der Waals surface area contributed by atoms with E-state index in [-0.39, 0.29) is 5.91 Å². The quantitative estimate of drug-likeness (QED) is 0.333. The second-order valence-electron chi connectivity index (χ2n) is 8.00. The summed E-state index contributed by atoms with van der Waals surface area (Å²) in [6.07, 6.45) is 1.07. The van der Waals surface area contributed by atoms with Crippen molar-refractivity contribution in [3.05, 3.63) is 65.7 Å². The Balaban J connectivity index is 1.54. The zero-order valence-corrected chi connectivity index (χ0v) is 20.0. The Kier molecular flexibility index (Phi) is 6.72. The molecule has 0 aliphatic heterocycles. The zero-order chi connectivity index (χ0) is 24.2. The highest BCUT2D eigenvalue weighted by Crippen LogP contribution is 2.38. The summed E-state index contributed by atoms with van der Waals surface area (Å²) >= 11 is 0. The molecule has 0 spiro atoms. The van der Waals surface area contributed by atoms with Gasteiger partial charge in [0, 0.05) is 16.8 Å². The fourth-order valence-corrected chi connectivity index (χ4v) is 3.72. The first-order valence-corrected chi connectivity index (χ1v) is 11.1. The van der Waals surface area contributed by atoms with Gasteiger partial charge in [-0.25, -0.2) is 4.98 Å². The van der Waals surface area contributed by atoms with E-state index in [2.05, 4.69) is 36.3 Å². The first-order valence-electron chi connectivity index (χ1n) is 11.1. The first-order chi connectivity index (χ1) is 16.5. The average molecular weight is 461 g/mol. The Morgan fingerprint density at radius 3 is 2.24 bits per heavy atom. The van der Waals surface area contributed by atoms with Crippen LogP contribution in [0.25, 0.3) is 22.6 Å². The van der Waals surface area contributed by atoms with Crippen LogP contribution in [0.1, 0.15) is 42.1 Å². The summed E-state index contributed by atoms with van der Waals surface area (Å²) in [4.78, 5) is 17.5. The molecule has 7 nitrogen and oxygen atoms in total. The maximum atomic E-state index is 12.8. The number of benzene rings is 3. The molecule has 1 heterocycles. The topological polar surface area (TPSA) is 82.8 Å². The third-order valence-corrected chi connectivity index (χ3v) is 5.91. The number of nitrogens with one attached hydrogen (secondary N) is 1. The molecule has 1 amide bonds. The summed E-state index contributed by atoms with van der Waals surface area (Å²) in [5.74, 6) is 1.97. The number of carbonyl (C=O) groups is 1. The van der Waals surface area contributed by atoms with Crippen LogP contribution in [-0.2, 0) is 0 Å². The van der Waals surface area contributed by atoms with E-state index in [1.165, 1.54) is 26.9 Å². The summed E-state index contributed by atoms with van der Waals surface area (Å²) in [5.41, 5.74) is 4.69. The van der Waals surface area contributed by atoms with Crippen molar-refractivity contribution in [1.82, 2.24) is 4.98 Å². The normalized spacial score (nSPS) is 11.8. The number of hydrogen-bond acceptors (Lipinski definition) is 6. The van der Waals surface area contributed by atoms with Gasteiger partial charge >= 0.3 is 0 Å². The number of carbonyl (C=O) groups excluding carboxylic acids is 1. The van der Waals surface area contributed by atoms with Crippen LogP contribution in [0.4, 0.5) is 5.69 Å². The van der Waals surface area contributed by atoms with Crippen molar-refractivity contribution < 1.29 is 23.4 Å². The molecule has 3 aromatic carbocycles. The average Bonchev–Trinajstić information content (AvgIpc) is 3.31. The Labute approximate surface area is 198 Å². The number of hydrogen-bond donors (Lipinski definition) is 1.